The first kappa shape index (κ1) is 13.1. The van der Waals surface area contributed by atoms with Crippen LogP contribution < -0.4 is 10.6 Å². The first-order valence-electron chi connectivity index (χ1n) is 6.17. The van der Waals surface area contributed by atoms with E-state index >= 15 is 0 Å². The van der Waals surface area contributed by atoms with Crippen molar-refractivity contribution in [1.82, 2.24) is 20.5 Å². The minimum atomic E-state index is -1.09. The average molecular weight is 293 g/mol. The van der Waals surface area contributed by atoms with Crippen LogP contribution in [0.15, 0.2) is 12.3 Å². The number of H-pyrrole nitrogens is 1. The first-order valence-corrected chi connectivity index (χ1v) is 6.17. The van der Waals surface area contributed by atoms with E-state index in [0.29, 0.717) is 6.42 Å². The van der Waals surface area contributed by atoms with Crippen molar-refractivity contribution in [3.63, 3.8) is 0 Å². The van der Waals surface area contributed by atoms with Crippen LogP contribution in [0.25, 0.3) is 0 Å². The van der Waals surface area contributed by atoms with E-state index in [2.05, 4.69) is 15.6 Å². The fraction of sp³-hybridized carbons (Fsp3) is 0.364. The molecular weight excluding hydrogens is 282 g/mol. The van der Waals surface area contributed by atoms with Crippen LogP contribution in [-0.2, 0) is 4.79 Å². The number of hydrogen-bond donors (Lipinski definition) is 3. The van der Waals surface area contributed by atoms with Gasteiger partial charge in [-0.15, -0.1) is 0 Å². The molecule has 0 aliphatic carbocycles. The SMILES string of the molecule is O=C1NC(=O)C2(CCN(C(=O)c3cc([N+](=O)[O-])c[nH]3)C2)N1. The van der Waals surface area contributed by atoms with Crippen LogP contribution in [0, 0.1) is 10.1 Å². The standard InChI is InChI=1S/C11H11N5O5/c17-8(7-3-6(4-12-7)16(20)21)15-2-1-11(5-15)9(18)13-10(19)14-11/h3-4,12H,1-2,5H2,(H2,13,14,18,19). The summed E-state index contributed by atoms with van der Waals surface area (Å²) in [7, 11) is 0. The van der Waals surface area contributed by atoms with Crippen LogP contribution in [-0.4, -0.2) is 51.3 Å². The van der Waals surface area contributed by atoms with Gasteiger partial charge in [0.15, 0.2) is 0 Å². The zero-order valence-electron chi connectivity index (χ0n) is 10.7. The maximum absolute atomic E-state index is 12.2. The molecule has 2 aliphatic rings. The summed E-state index contributed by atoms with van der Waals surface area (Å²) in [6.07, 6.45) is 1.43. The number of imide groups is 1. The van der Waals surface area contributed by atoms with Crippen LogP contribution in [0.5, 0.6) is 0 Å². The number of rotatable bonds is 2. The molecule has 10 nitrogen and oxygen atoms in total. The quantitative estimate of drug-likeness (QED) is 0.378. The summed E-state index contributed by atoms with van der Waals surface area (Å²) in [6.45, 7) is 0.315. The van der Waals surface area contributed by atoms with Gasteiger partial charge >= 0.3 is 6.03 Å². The second-order valence-electron chi connectivity index (χ2n) is 5.00. The van der Waals surface area contributed by atoms with Gasteiger partial charge in [0.1, 0.15) is 11.2 Å². The summed E-state index contributed by atoms with van der Waals surface area (Å²) in [5, 5.41) is 15.3. The molecule has 3 heterocycles. The lowest BCUT2D eigenvalue weighted by atomic mass is 10.00. The molecular formula is C11H11N5O5. The highest BCUT2D eigenvalue weighted by Gasteiger charge is 2.51. The Hall–Kier alpha value is -2.91. The Bertz CT molecular complexity index is 668. The van der Waals surface area contributed by atoms with Gasteiger partial charge in [0.05, 0.1) is 17.7 Å². The summed E-state index contributed by atoms with van der Waals surface area (Å²) in [6, 6.07) is 0.561. The molecule has 2 saturated heterocycles. The lowest BCUT2D eigenvalue weighted by Gasteiger charge is -2.20. The largest absolute Gasteiger partial charge is 0.351 e. The number of carbonyl (C=O) groups excluding carboxylic acids is 3. The maximum atomic E-state index is 12.2. The van der Waals surface area contributed by atoms with Crippen LogP contribution in [0.4, 0.5) is 10.5 Å². The number of aromatic nitrogens is 1. The van der Waals surface area contributed by atoms with Crippen molar-refractivity contribution < 1.29 is 19.3 Å². The summed E-state index contributed by atoms with van der Waals surface area (Å²) < 4.78 is 0. The molecule has 1 aromatic rings. The van der Waals surface area contributed by atoms with Crippen molar-refractivity contribution in [2.45, 2.75) is 12.0 Å². The second kappa shape index (κ2) is 4.30. The van der Waals surface area contributed by atoms with Crippen molar-refractivity contribution in [3.05, 3.63) is 28.1 Å². The predicted octanol–water partition coefficient (Wildman–Crippen LogP) is -0.653. The number of urea groups is 1. The molecule has 2 fully saturated rings. The predicted molar refractivity (Wildman–Crippen MR) is 67.4 cm³/mol. The highest BCUT2D eigenvalue weighted by atomic mass is 16.6. The number of nitrogens with zero attached hydrogens (tertiary/aromatic N) is 2. The smallest absolute Gasteiger partial charge is 0.322 e. The van der Waals surface area contributed by atoms with E-state index in [1.807, 2.05) is 0 Å². The zero-order valence-corrected chi connectivity index (χ0v) is 10.7. The molecule has 4 amide bonds. The third-order valence-electron chi connectivity index (χ3n) is 3.68. The Morgan fingerprint density at radius 2 is 2.19 bits per heavy atom. The first-order chi connectivity index (χ1) is 9.91. The van der Waals surface area contributed by atoms with Gasteiger partial charge < -0.3 is 15.2 Å². The van der Waals surface area contributed by atoms with Crippen molar-refractivity contribution in [2.75, 3.05) is 13.1 Å². The Morgan fingerprint density at radius 1 is 1.43 bits per heavy atom. The highest BCUT2D eigenvalue weighted by Crippen LogP contribution is 2.26. The van der Waals surface area contributed by atoms with Crippen molar-refractivity contribution in [1.29, 1.82) is 0 Å². The number of carbonyl (C=O) groups is 3. The van der Waals surface area contributed by atoms with Crippen LogP contribution in [0.2, 0.25) is 0 Å². The van der Waals surface area contributed by atoms with E-state index in [0.717, 1.165) is 12.3 Å². The molecule has 0 saturated carbocycles. The number of hydrogen-bond acceptors (Lipinski definition) is 5. The molecule has 1 atom stereocenters. The summed E-state index contributed by atoms with van der Waals surface area (Å²) >= 11 is 0. The summed E-state index contributed by atoms with van der Waals surface area (Å²) in [4.78, 5) is 49.1. The normalized spacial score (nSPS) is 24.3. The van der Waals surface area contributed by atoms with Crippen molar-refractivity contribution in [2.24, 2.45) is 0 Å². The number of nitrogens with one attached hydrogen (secondary N) is 3. The van der Waals surface area contributed by atoms with E-state index in [9.17, 15) is 24.5 Å². The molecule has 110 valence electrons. The third-order valence-corrected chi connectivity index (χ3v) is 3.68. The molecule has 2 aliphatic heterocycles. The minimum Gasteiger partial charge on any atom is -0.351 e. The number of amides is 4. The zero-order chi connectivity index (χ0) is 15.2. The Morgan fingerprint density at radius 3 is 2.76 bits per heavy atom. The van der Waals surface area contributed by atoms with E-state index in [1.54, 1.807) is 0 Å². The van der Waals surface area contributed by atoms with E-state index < -0.39 is 28.3 Å². The average Bonchev–Trinajstić information content (AvgIpc) is 3.10. The molecule has 10 heteroatoms. The van der Waals surface area contributed by atoms with Gasteiger partial charge in [-0.25, -0.2) is 4.79 Å². The molecule has 0 aromatic carbocycles. The lowest BCUT2D eigenvalue weighted by Crippen LogP contribution is -2.49. The van der Waals surface area contributed by atoms with Gasteiger partial charge in [0.2, 0.25) is 0 Å². The Labute approximate surface area is 117 Å². The van der Waals surface area contributed by atoms with Gasteiger partial charge in [-0.3, -0.25) is 25.0 Å². The van der Waals surface area contributed by atoms with Crippen molar-refractivity contribution >= 4 is 23.5 Å². The molecule has 0 bridgehead atoms. The monoisotopic (exact) mass is 293 g/mol. The molecule has 1 aromatic heterocycles. The topological polar surface area (TPSA) is 137 Å². The van der Waals surface area contributed by atoms with Crippen LogP contribution >= 0.6 is 0 Å². The fourth-order valence-electron chi connectivity index (χ4n) is 2.58. The third kappa shape index (κ3) is 2.00. The van der Waals surface area contributed by atoms with E-state index in [4.69, 9.17) is 0 Å². The maximum Gasteiger partial charge on any atom is 0.322 e. The molecule has 3 N–H and O–H groups in total. The van der Waals surface area contributed by atoms with E-state index in [-0.39, 0.29) is 24.5 Å². The molecule has 1 spiro atoms. The van der Waals surface area contributed by atoms with Crippen LogP contribution in [0.3, 0.4) is 0 Å². The fourth-order valence-corrected chi connectivity index (χ4v) is 2.58. The molecule has 3 rings (SSSR count). The summed E-state index contributed by atoms with van der Waals surface area (Å²) in [5.41, 5.74) is -1.23. The number of nitro groups is 1. The molecule has 21 heavy (non-hydrogen) atoms. The number of likely N-dealkylation sites (tertiary alicyclic amines) is 1. The minimum absolute atomic E-state index is 0.0379. The number of aromatic amines is 1. The van der Waals surface area contributed by atoms with Gasteiger partial charge in [0, 0.05) is 12.6 Å². The van der Waals surface area contributed by atoms with Gasteiger partial charge in [0.25, 0.3) is 17.5 Å². The molecule has 0 radical (unpaired) electrons. The second-order valence-corrected chi connectivity index (χ2v) is 5.00. The Kier molecular flexibility index (Phi) is 2.68. The van der Waals surface area contributed by atoms with Crippen molar-refractivity contribution in [3.8, 4) is 0 Å². The van der Waals surface area contributed by atoms with Gasteiger partial charge in [-0.1, -0.05) is 0 Å². The lowest BCUT2D eigenvalue weighted by molar-refractivity contribution is -0.384. The summed E-state index contributed by atoms with van der Waals surface area (Å²) in [5.74, 6) is -0.908. The highest BCUT2D eigenvalue weighted by molar-refractivity contribution is 6.08. The van der Waals surface area contributed by atoms with Gasteiger partial charge in [-0.05, 0) is 6.42 Å². The van der Waals surface area contributed by atoms with E-state index in [1.165, 1.54) is 4.90 Å². The molecule has 1 unspecified atom stereocenters. The Balaban J connectivity index is 1.76. The van der Waals surface area contributed by atoms with Crippen LogP contribution in [0.1, 0.15) is 16.9 Å². The van der Waals surface area contributed by atoms with Gasteiger partial charge in [-0.2, -0.15) is 0 Å².